The second kappa shape index (κ2) is 10.3. The molecule has 1 aliphatic heterocycles. The number of nitrogens with one attached hydrogen (secondary N) is 2. The molecule has 1 spiro atoms. The second-order valence-corrected chi connectivity index (χ2v) is 10.4. The molecule has 3 atom stereocenters. The molecule has 5 nitrogen and oxygen atoms in total. The van der Waals surface area contributed by atoms with Crippen molar-refractivity contribution in [1.82, 2.24) is 5.32 Å². The lowest BCUT2D eigenvalue weighted by molar-refractivity contribution is -0.143. The Labute approximate surface area is 211 Å². The zero-order valence-electron chi connectivity index (χ0n) is 20.6. The Morgan fingerprint density at radius 2 is 2.00 bits per heavy atom. The number of methoxy groups -OCH3 is 1. The molecular weight excluding hydrogens is 467 g/mol. The smallest absolute Gasteiger partial charge is 0.323 e. The summed E-state index contributed by atoms with van der Waals surface area (Å²) >= 11 is 6.24. The Balaban J connectivity index is 2.02. The topological polar surface area (TPSA) is 67.4 Å². The van der Waals surface area contributed by atoms with E-state index in [4.69, 9.17) is 16.3 Å². The monoisotopic (exact) mass is 500 g/mol. The fraction of sp³-hybridized carbons (Fsp3) is 0.500. The third kappa shape index (κ3) is 4.25. The summed E-state index contributed by atoms with van der Waals surface area (Å²) in [5.74, 6) is -1.56. The zero-order chi connectivity index (χ0) is 25.2. The number of anilines is 1. The fourth-order valence-corrected chi connectivity index (χ4v) is 6.83. The van der Waals surface area contributed by atoms with E-state index in [9.17, 15) is 9.59 Å². The van der Waals surface area contributed by atoms with Gasteiger partial charge in [-0.3, -0.25) is 14.9 Å². The number of carbonyl (C=O) groups is 2. The number of halogens is 2. The van der Waals surface area contributed by atoms with Gasteiger partial charge in [-0.15, -0.1) is 0 Å². The molecule has 0 bridgehead atoms. The van der Waals surface area contributed by atoms with E-state index in [1.54, 1.807) is 12.1 Å². The van der Waals surface area contributed by atoms with Gasteiger partial charge < -0.3 is 10.1 Å². The Kier molecular flexibility index (Phi) is 7.53. The molecule has 1 saturated heterocycles. The number of hydrogen-bond acceptors (Lipinski definition) is 4. The summed E-state index contributed by atoms with van der Waals surface area (Å²) in [5.41, 5.74) is 1.83. The largest absolute Gasteiger partial charge is 0.468 e. The van der Waals surface area contributed by atoms with Crippen molar-refractivity contribution in [2.24, 2.45) is 0 Å². The van der Waals surface area contributed by atoms with Gasteiger partial charge in [0.05, 0.1) is 12.1 Å². The summed E-state index contributed by atoms with van der Waals surface area (Å²) < 4.78 is 20.9. The normalized spacial score (nSPS) is 25.4. The van der Waals surface area contributed by atoms with Gasteiger partial charge in [-0.2, -0.15) is 0 Å². The Hall–Kier alpha value is -2.44. The van der Waals surface area contributed by atoms with Crippen molar-refractivity contribution >= 4 is 29.7 Å². The molecule has 0 radical (unpaired) electrons. The van der Waals surface area contributed by atoms with E-state index in [1.165, 1.54) is 13.2 Å². The summed E-state index contributed by atoms with van der Waals surface area (Å²) in [6.07, 6.45) is 7.28. The molecule has 1 heterocycles. The lowest BCUT2D eigenvalue weighted by Crippen LogP contribution is -2.56. The van der Waals surface area contributed by atoms with Crippen LogP contribution in [-0.4, -0.2) is 31.1 Å². The van der Waals surface area contributed by atoms with Gasteiger partial charge in [0.25, 0.3) is 0 Å². The van der Waals surface area contributed by atoms with Crippen LogP contribution in [0.3, 0.4) is 0 Å². The molecule has 1 amide bonds. The van der Waals surface area contributed by atoms with Crippen LogP contribution >= 0.6 is 11.6 Å². The van der Waals surface area contributed by atoms with Crippen molar-refractivity contribution in [1.29, 1.82) is 0 Å². The molecule has 35 heavy (non-hydrogen) atoms. The quantitative estimate of drug-likeness (QED) is 0.367. The van der Waals surface area contributed by atoms with E-state index >= 15 is 4.39 Å². The van der Waals surface area contributed by atoms with Gasteiger partial charge in [0.2, 0.25) is 6.41 Å². The van der Waals surface area contributed by atoms with Crippen LogP contribution in [0.25, 0.3) is 0 Å². The van der Waals surface area contributed by atoms with E-state index in [-0.39, 0.29) is 5.02 Å². The van der Waals surface area contributed by atoms with Crippen LogP contribution in [0, 0.1) is 5.82 Å². The highest BCUT2D eigenvalue weighted by molar-refractivity contribution is 6.30. The maximum Gasteiger partial charge on any atom is 0.323 e. The van der Waals surface area contributed by atoms with Crippen molar-refractivity contribution < 1.29 is 18.7 Å². The van der Waals surface area contributed by atoms with Gasteiger partial charge in [0, 0.05) is 22.6 Å². The van der Waals surface area contributed by atoms with Crippen LogP contribution in [0.2, 0.25) is 5.02 Å². The maximum atomic E-state index is 15.6. The average Bonchev–Trinajstić information content (AvgIpc) is 3.10. The lowest BCUT2D eigenvalue weighted by Gasteiger charge is -2.49. The van der Waals surface area contributed by atoms with Crippen LogP contribution in [0.1, 0.15) is 75.0 Å². The molecule has 2 aromatic rings. The number of rotatable bonds is 7. The first-order valence-corrected chi connectivity index (χ1v) is 12.8. The van der Waals surface area contributed by atoms with Crippen LogP contribution in [-0.2, 0) is 26.2 Å². The predicted octanol–water partition coefficient (Wildman–Crippen LogP) is 5.89. The summed E-state index contributed by atoms with van der Waals surface area (Å²) in [6, 6.07) is 10.3. The van der Waals surface area contributed by atoms with E-state index in [1.807, 2.05) is 12.1 Å². The van der Waals surface area contributed by atoms with E-state index in [2.05, 4.69) is 30.5 Å². The SMILES string of the molecule is CCCc1ccc([C@]2(C)[C@@H](c3cccc(Cl)c3F)C(C(=O)OC)NC23CCCCC3)c(NC=O)c1. The van der Waals surface area contributed by atoms with Gasteiger partial charge in [-0.05, 0) is 48.1 Å². The van der Waals surface area contributed by atoms with Crippen LogP contribution in [0.15, 0.2) is 36.4 Å². The standard InChI is InChI=1S/C28H34ClFN2O3/c1-4-9-18-12-13-20(22(16-18)31-17-33)27(2)23(19-10-8-11-21(29)24(19)30)25(26(34)35-3)32-28(27)14-6-5-7-15-28/h8,10-13,16-17,23,25,32H,4-7,9,14-15H2,1-3H3,(H,31,33)/t23-,25?,27+/m0/s1. The summed E-state index contributed by atoms with van der Waals surface area (Å²) in [7, 11) is 1.36. The Morgan fingerprint density at radius 1 is 1.26 bits per heavy atom. The molecule has 1 saturated carbocycles. The van der Waals surface area contributed by atoms with Crippen molar-refractivity contribution in [3.63, 3.8) is 0 Å². The number of hydrogen-bond donors (Lipinski definition) is 2. The summed E-state index contributed by atoms with van der Waals surface area (Å²) in [6.45, 7) is 4.21. The van der Waals surface area contributed by atoms with E-state index < -0.39 is 34.7 Å². The molecule has 2 aromatic carbocycles. The number of ether oxygens (including phenoxy) is 1. The van der Waals surface area contributed by atoms with Crippen molar-refractivity contribution in [2.75, 3.05) is 12.4 Å². The predicted molar refractivity (Wildman–Crippen MR) is 136 cm³/mol. The first-order valence-electron chi connectivity index (χ1n) is 12.5. The number of carbonyl (C=O) groups excluding carboxylic acids is 2. The number of benzene rings is 2. The third-order valence-corrected chi connectivity index (χ3v) is 8.55. The Morgan fingerprint density at radius 3 is 2.66 bits per heavy atom. The van der Waals surface area contributed by atoms with Gasteiger partial charge >= 0.3 is 5.97 Å². The van der Waals surface area contributed by atoms with Gasteiger partial charge in [0.15, 0.2) is 0 Å². The summed E-state index contributed by atoms with van der Waals surface area (Å²) in [5, 5.41) is 6.58. The molecule has 7 heteroatoms. The zero-order valence-corrected chi connectivity index (χ0v) is 21.4. The molecule has 0 aromatic heterocycles. The van der Waals surface area contributed by atoms with Crippen molar-refractivity contribution in [3.05, 3.63) is 63.9 Å². The van der Waals surface area contributed by atoms with E-state index in [0.717, 1.165) is 56.1 Å². The second-order valence-electron chi connectivity index (χ2n) is 10.0. The van der Waals surface area contributed by atoms with E-state index in [0.29, 0.717) is 17.7 Å². The highest BCUT2D eigenvalue weighted by atomic mass is 35.5. The fourth-order valence-electron chi connectivity index (χ4n) is 6.65. The van der Waals surface area contributed by atoms with Gasteiger partial charge in [-0.1, -0.05) is 75.4 Å². The molecule has 4 rings (SSSR count). The molecule has 2 aliphatic rings. The van der Waals surface area contributed by atoms with Crippen molar-refractivity contribution in [2.45, 2.75) is 81.7 Å². The highest BCUT2D eigenvalue weighted by Crippen LogP contribution is 2.60. The molecule has 2 fully saturated rings. The minimum absolute atomic E-state index is 0.0163. The van der Waals surface area contributed by atoms with Crippen molar-refractivity contribution in [3.8, 4) is 0 Å². The summed E-state index contributed by atoms with van der Waals surface area (Å²) in [4.78, 5) is 24.9. The van der Waals surface area contributed by atoms with Gasteiger partial charge in [-0.25, -0.2) is 4.39 Å². The highest BCUT2D eigenvalue weighted by Gasteiger charge is 2.64. The molecule has 188 valence electrons. The molecule has 1 unspecified atom stereocenters. The first-order chi connectivity index (χ1) is 16.8. The minimum atomic E-state index is -0.768. The van der Waals surface area contributed by atoms with Gasteiger partial charge in [0.1, 0.15) is 11.9 Å². The third-order valence-electron chi connectivity index (χ3n) is 8.26. The van der Waals surface area contributed by atoms with Crippen LogP contribution < -0.4 is 10.6 Å². The van der Waals surface area contributed by atoms with Crippen LogP contribution in [0.5, 0.6) is 0 Å². The molecular formula is C28H34ClFN2O3. The van der Waals surface area contributed by atoms with Crippen LogP contribution in [0.4, 0.5) is 10.1 Å². The minimum Gasteiger partial charge on any atom is -0.468 e. The maximum absolute atomic E-state index is 15.6. The number of amides is 1. The Bertz CT molecular complexity index is 1100. The number of aryl methyl sites for hydroxylation is 1. The average molecular weight is 501 g/mol. The lowest BCUT2D eigenvalue weighted by atomic mass is 9.56. The molecule has 1 aliphatic carbocycles. The number of esters is 1. The molecule has 2 N–H and O–H groups in total. The first kappa shape index (κ1) is 25.6.